The Kier molecular flexibility index (Phi) is 4.46. The van der Waals surface area contributed by atoms with Gasteiger partial charge in [-0.05, 0) is 22.6 Å². The SMILES string of the molecule is OCc1ncc(I)c(C(F)F)c1CCl. The molecule has 1 rings (SSSR count). The van der Waals surface area contributed by atoms with E-state index in [-0.39, 0.29) is 29.3 Å². The van der Waals surface area contributed by atoms with E-state index < -0.39 is 6.43 Å². The number of alkyl halides is 3. The third-order valence-electron chi connectivity index (χ3n) is 1.77. The Labute approximate surface area is 98.4 Å². The van der Waals surface area contributed by atoms with Gasteiger partial charge in [0, 0.05) is 26.8 Å². The second kappa shape index (κ2) is 5.18. The summed E-state index contributed by atoms with van der Waals surface area (Å²) in [7, 11) is 0. The highest BCUT2D eigenvalue weighted by Gasteiger charge is 2.19. The lowest BCUT2D eigenvalue weighted by atomic mass is 10.1. The molecule has 1 heterocycles. The van der Waals surface area contributed by atoms with Crippen molar-refractivity contribution in [1.29, 1.82) is 0 Å². The minimum Gasteiger partial charge on any atom is -0.390 e. The number of rotatable bonds is 3. The smallest absolute Gasteiger partial charge is 0.265 e. The van der Waals surface area contributed by atoms with Gasteiger partial charge in [-0.15, -0.1) is 11.6 Å². The largest absolute Gasteiger partial charge is 0.390 e. The fraction of sp³-hybridized carbons (Fsp3) is 0.375. The molecule has 0 spiro atoms. The molecule has 14 heavy (non-hydrogen) atoms. The van der Waals surface area contributed by atoms with Crippen LogP contribution < -0.4 is 0 Å². The number of aliphatic hydroxyl groups is 1. The number of nitrogens with zero attached hydrogens (tertiary/aromatic N) is 1. The van der Waals surface area contributed by atoms with E-state index in [0.717, 1.165) is 0 Å². The van der Waals surface area contributed by atoms with E-state index in [0.29, 0.717) is 3.57 Å². The van der Waals surface area contributed by atoms with Crippen molar-refractivity contribution in [2.45, 2.75) is 18.9 Å². The normalized spacial score (nSPS) is 11.0. The molecule has 1 aromatic heterocycles. The van der Waals surface area contributed by atoms with E-state index in [2.05, 4.69) is 4.98 Å². The van der Waals surface area contributed by atoms with E-state index in [4.69, 9.17) is 16.7 Å². The number of pyridine rings is 1. The zero-order valence-electron chi connectivity index (χ0n) is 6.98. The van der Waals surface area contributed by atoms with Crippen LogP contribution in [0.1, 0.15) is 23.2 Å². The van der Waals surface area contributed by atoms with Gasteiger partial charge in [-0.1, -0.05) is 0 Å². The Balaban J connectivity index is 3.35. The summed E-state index contributed by atoms with van der Waals surface area (Å²) < 4.78 is 25.6. The average molecular weight is 334 g/mol. The first kappa shape index (κ1) is 12.1. The molecule has 78 valence electrons. The summed E-state index contributed by atoms with van der Waals surface area (Å²) in [6, 6.07) is 0. The number of aromatic nitrogens is 1. The monoisotopic (exact) mass is 333 g/mol. The Hall–Kier alpha value is -0.0100. The summed E-state index contributed by atoms with van der Waals surface area (Å²) in [6.45, 7) is -0.376. The molecular weight excluding hydrogens is 326 g/mol. The van der Waals surface area contributed by atoms with Crippen LogP contribution in [0.3, 0.4) is 0 Å². The number of hydrogen-bond donors (Lipinski definition) is 1. The van der Waals surface area contributed by atoms with Crippen molar-refractivity contribution in [2.75, 3.05) is 0 Å². The van der Waals surface area contributed by atoms with Crippen LogP contribution in [0.2, 0.25) is 0 Å². The predicted octanol–water partition coefficient (Wildman–Crippen LogP) is 2.85. The van der Waals surface area contributed by atoms with Crippen LogP contribution in [0.25, 0.3) is 0 Å². The van der Waals surface area contributed by atoms with Crippen LogP contribution in [-0.4, -0.2) is 10.1 Å². The van der Waals surface area contributed by atoms with Crippen molar-refractivity contribution < 1.29 is 13.9 Å². The highest BCUT2D eigenvalue weighted by molar-refractivity contribution is 14.1. The van der Waals surface area contributed by atoms with Crippen molar-refractivity contribution in [2.24, 2.45) is 0 Å². The molecule has 0 fully saturated rings. The third kappa shape index (κ3) is 2.32. The van der Waals surface area contributed by atoms with Crippen molar-refractivity contribution in [3.05, 3.63) is 26.6 Å². The molecule has 0 aliphatic rings. The van der Waals surface area contributed by atoms with Crippen molar-refractivity contribution in [1.82, 2.24) is 4.98 Å². The second-order valence-corrected chi connectivity index (χ2v) is 3.97. The molecule has 2 nitrogen and oxygen atoms in total. The minimum atomic E-state index is -2.59. The van der Waals surface area contributed by atoms with E-state index in [1.165, 1.54) is 6.20 Å². The first-order chi connectivity index (χ1) is 6.61. The summed E-state index contributed by atoms with van der Waals surface area (Å²) in [4.78, 5) is 3.84. The Bertz CT molecular complexity index is 335. The van der Waals surface area contributed by atoms with Crippen LogP contribution in [0.5, 0.6) is 0 Å². The van der Waals surface area contributed by atoms with Crippen LogP contribution in [0, 0.1) is 3.57 Å². The fourth-order valence-electron chi connectivity index (χ4n) is 1.10. The molecule has 6 heteroatoms. The zero-order valence-corrected chi connectivity index (χ0v) is 9.89. The second-order valence-electron chi connectivity index (χ2n) is 2.54. The molecule has 1 aromatic rings. The van der Waals surface area contributed by atoms with E-state index in [1.807, 2.05) is 0 Å². The number of aliphatic hydroxyl groups excluding tert-OH is 1. The zero-order chi connectivity index (χ0) is 10.7. The molecular formula is C8H7ClF2INO. The Morgan fingerprint density at radius 3 is 2.64 bits per heavy atom. The van der Waals surface area contributed by atoms with Crippen molar-refractivity contribution in [3.63, 3.8) is 0 Å². The standard InChI is InChI=1S/C8H7ClF2INO/c9-1-4-6(3-14)13-2-5(12)7(4)8(10)11/h2,8,14H,1,3H2. The van der Waals surface area contributed by atoms with Gasteiger partial charge in [0.25, 0.3) is 6.43 Å². The van der Waals surface area contributed by atoms with Gasteiger partial charge in [0.05, 0.1) is 12.3 Å². The lowest BCUT2D eigenvalue weighted by Gasteiger charge is -2.11. The van der Waals surface area contributed by atoms with Gasteiger partial charge < -0.3 is 5.11 Å². The van der Waals surface area contributed by atoms with Gasteiger partial charge >= 0.3 is 0 Å². The molecule has 0 atom stereocenters. The molecule has 0 aromatic carbocycles. The molecule has 0 amide bonds. The van der Waals surface area contributed by atoms with Gasteiger partial charge in [-0.25, -0.2) is 8.78 Å². The van der Waals surface area contributed by atoms with Crippen molar-refractivity contribution >= 4 is 34.2 Å². The maximum absolute atomic E-state index is 12.6. The van der Waals surface area contributed by atoms with Crippen LogP contribution in [-0.2, 0) is 12.5 Å². The van der Waals surface area contributed by atoms with E-state index in [9.17, 15) is 8.78 Å². The van der Waals surface area contributed by atoms with Crippen LogP contribution in [0.15, 0.2) is 6.20 Å². The summed E-state index contributed by atoms with van der Waals surface area (Å²) in [5.41, 5.74) is 0.325. The quantitative estimate of drug-likeness (QED) is 0.681. The molecule has 0 unspecified atom stereocenters. The van der Waals surface area contributed by atoms with Crippen LogP contribution >= 0.6 is 34.2 Å². The van der Waals surface area contributed by atoms with Gasteiger partial charge in [0.2, 0.25) is 0 Å². The predicted molar refractivity (Wildman–Crippen MR) is 57.4 cm³/mol. The third-order valence-corrected chi connectivity index (χ3v) is 2.89. The number of halogens is 4. The van der Waals surface area contributed by atoms with Crippen molar-refractivity contribution in [3.8, 4) is 0 Å². The lowest BCUT2D eigenvalue weighted by Crippen LogP contribution is -2.04. The van der Waals surface area contributed by atoms with E-state index in [1.54, 1.807) is 22.6 Å². The van der Waals surface area contributed by atoms with Gasteiger partial charge in [0.15, 0.2) is 0 Å². The number of hydrogen-bond acceptors (Lipinski definition) is 2. The summed E-state index contributed by atoms with van der Waals surface area (Å²) in [6.07, 6.45) is -1.28. The van der Waals surface area contributed by atoms with Gasteiger partial charge in [-0.2, -0.15) is 0 Å². The highest BCUT2D eigenvalue weighted by Crippen LogP contribution is 2.30. The fourth-order valence-corrected chi connectivity index (χ4v) is 2.10. The highest BCUT2D eigenvalue weighted by atomic mass is 127. The molecule has 0 aliphatic carbocycles. The average Bonchev–Trinajstić information content (AvgIpc) is 2.16. The summed E-state index contributed by atoms with van der Waals surface area (Å²) in [5.74, 6) is -0.0700. The molecule has 0 aliphatic heterocycles. The topological polar surface area (TPSA) is 33.1 Å². The molecule has 1 N–H and O–H groups in total. The maximum Gasteiger partial charge on any atom is 0.265 e. The van der Waals surface area contributed by atoms with Crippen LogP contribution in [0.4, 0.5) is 8.78 Å². The molecule has 0 bridgehead atoms. The molecule has 0 saturated heterocycles. The van der Waals surface area contributed by atoms with Gasteiger partial charge in [-0.3, -0.25) is 4.98 Å². The first-order valence-corrected chi connectivity index (χ1v) is 5.34. The van der Waals surface area contributed by atoms with Gasteiger partial charge in [0.1, 0.15) is 0 Å². The summed E-state index contributed by atoms with van der Waals surface area (Å²) >= 11 is 7.32. The molecule has 0 radical (unpaired) electrons. The molecule has 0 saturated carbocycles. The van der Waals surface area contributed by atoms with E-state index >= 15 is 0 Å². The minimum absolute atomic E-state index is 0.0700. The Morgan fingerprint density at radius 1 is 1.57 bits per heavy atom. The maximum atomic E-state index is 12.6. The first-order valence-electron chi connectivity index (χ1n) is 3.73. The Morgan fingerprint density at radius 2 is 2.21 bits per heavy atom. The summed E-state index contributed by atoms with van der Waals surface area (Å²) in [5, 5.41) is 8.88. The lowest BCUT2D eigenvalue weighted by molar-refractivity contribution is 0.149.